The molecular weight excluding hydrogens is 793 g/mol. The lowest BCUT2D eigenvalue weighted by molar-refractivity contribution is 0.106. The molecule has 8 N–H and O–H groups in total. The second-order valence-electron chi connectivity index (χ2n) is 11.5. The predicted molar refractivity (Wildman–Crippen MR) is 204 cm³/mol. The number of nitrogens with two attached hydrogens (primary N) is 1. The number of hydrogen-bond acceptors (Lipinski definition) is 16. The maximum Gasteiger partial charge on any atom is 0.296 e. The normalized spacial score (nSPS) is 14.2. The number of rotatable bonds is 11. The van der Waals surface area contributed by atoms with Gasteiger partial charge < -0.3 is 16.2 Å². The van der Waals surface area contributed by atoms with Gasteiger partial charge in [0.15, 0.2) is 5.71 Å². The average Bonchev–Trinajstić information content (AvgIpc) is 3.13. The maximum absolute atomic E-state index is 13.7. The topological polar surface area (TPSA) is 312 Å². The van der Waals surface area contributed by atoms with Crippen LogP contribution in [-0.2, 0) is 30.4 Å². The summed E-state index contributed by atoms with van der Waals surface area (Å²) in [5, 5.41) is 32.2. The number of benzene rings is 5. The zero-order valence-corrected chi connectivity index (χ0v) is 30.5. The largest absolute Gasteiger partial charge is 0.506 e. The first-order valence-corrected chi connectivity index (χ1v) is 19.9. The molecule has 19 nitrogen and oxygen atoms in total. The van der Waals surface area contributed by atoms with Crippen molar-refractivity contribution in [1.82, 2.24) is 0 Å². The van der Waals surface area contributed by atoms with Crippen LogP contribution in [0.15, 0.2) is 143 Å². The fourth-order valence-corrected chi connectivity index (χ4v) is 7.15. The molecule has 0 atom stereocenters. The summed E-state index contributed by atoms with van der Waals surface area (Å²) < 4.78 is 104. The number of nitrogen functional groups attached to an aromatic ring is 1. The molecule has 0 aromatic heterocycles. The minimum atomic E-state index is -5.22. The van der Waals surface area contributed by atoms with Gasteiger partial charge in [-0.25, -0.2) is 0 Å². The van der Waals surface area contributed by atoms with Gasteiger partial charge in [-0.1, -0.05) is 30.3 Å². The zero-order valence-electron chi connectivity index (χ0n) is 28.1. The monoisotopic (exact) mass is 818 g/mol. The summed E-state index contributed by atoms with van der Waals surface area (Å²) in [6.45, 7) is 0. The van der Waals surface area contributed by atoms with E-state index in [1.807, 2.05) is 0 Å². The van der Waals surface area contributed by atoms with Crippen LogP contribution in [0.5, 0.6) is 5.75 Å². The first-order chi connectivity index (χ1) is 26.4. The Morgan fingerprint density at radius 2 is 1.25 bits per heavy atom. The van der Waals surface area contributed by atoms with E-state index in [0.717, 1.165) is 12.1 Å². The van der Waals surface area contributed by atoms with Gasteiger partial charge in [-0.15, -0.1) is 10.2 Å². The Labute approximate surface area is 317 Å². The molecule has 0 heterocycles. The van der Waals surface area contributed by atoms with Gasteiger partial charge >= 0.3 is 0 Å². The van der Waals surface area contributed by atoms with E-state index in [0.29, 0.717) is 23.1 Å². The number of hydrogen-bond donors (Lipinski definition) is 7. The number of fused-ring (bicyclic) bond motifs is 1. The van der Waals surface area contributed by atoms with Crippen molar-refractivity contribution in [2.75, 3.05) is 16.5 Å². The summed E-state index contributed by atoms with van der Waals surface area (Å²) in [5.41, 5.74) is 6.31. The number of carbonyl (C=O) groups excluding carboxylic acids is 1. The Morgan fingerprint density at radius 3 is 1.89 bits per heavy atom. The Kier molecular flexibility index (Phi) is 10.6. The number of phenolic OH excluding ortho intramolecular Hbond substituents is 1. The van der Waals surface area contributed by atoms with Crippen LogP contribution >= 0.6 is 0 Å². The molecule has 0 bridgehead atoms. The highest BCUT2D eigenvalue weighted by Gasteiger charge is 2.37. The molecule has 5 aromatic carbocycles. The van der Waals surface area contributed by atoms with Crippen LogP contribution in [0, 0.1) is 0 Å². The van der Waals surface area contributed by atoms with E-state index in [2.05, 4.69) is 36.3 Å². The molecule has 286 valence electrons. The van der Waals surface area contributed by atoms with E-state index in [9.17, 15) is 48.8 Å². The number of allylic oxidation sites excluding steroid dienone is 1. The van der Waals surface area contributed by atoms with E-state index in [1.165, 1.54) is 54.6 Å². The van der Waals surface area contributed by atoms with Gasteiger partial charge in [0.05, 0.1) is 34.0 Å². The number of nitrogens with one attached hydrogen (secondary N) is 2. The van der Waals surface area contributed by atoms with Crippen molar-refractivity contribution in [1.29, 1.82) is 0 Å². The summed E-state index contributed by atoms with van der Waals surface area (Å²) in [4.78, 5) is 11.0. The standard InChI is InChI=1S/C34H26N8O11S3/c35-31-30-19(17-29(56(51,52)53)33(34(30)44)42-38-21-6-2-1-3-7-21)16-28(55(48,49)50)32(31)41-39-23-14-15-25(27(18-23)54(45,46)47)36-20-10-12-22(13-11-20)37-40-24-8-4-5-9-26(24)43/h1-18,36,38,43H,35H2,(H,45,46,47)(H,48,49,50)(H,51,52,53)/b40-37?,41-39?,42-33+. The molecule has 0 unspecified atom stereocenters. The number of anilines is 4. The number of carbonyl (C=O) groups is 1. The molecule has 56 heavy (non-hydrogen) atoms. The molecule has 0 saturated heterocycles. The van der Waals surface area contributed by atoms with Gasteiger partial charge in [0.25, 0.3) is 30.4 Å². The van der Waals surface area contributed by atoms with E-state index in [-0.39, 0.29) is 22.8 Å². The zero-order chi connectivity index (χ0) is 40.4. The van der Waals surface area contributed by atoms with Gasteiger partial charge in [0, 0.05) is 5.69 Å². The molecule has 0 radical (unpaired) electrons. The number of ketones is 1. The molecule has 5 aromatic rings. The number of phenols is 1. The molecule has 0 aliphatic heterocycles. The lowest BCUT2D eigenvalue weighted by atomic mass is 9.92. The van der Waals surface area contributed by atoms with Crippen molar-refractivity contribution in [3.8, 4) is 5.75 Å². The highest BCUT2D eigenvalue weighted by Crippen LogP contribution is 2.41. The Hall–Kier alpha value is -6.69. The highest BCUT2D eigenvalue weighted by atomic mass is 32.2. The van der Waals surface area contributed by atoms with Crippen molar-refractivity contribution >= 4 is 93.4 Å². The quantitative estimate of drug-likeness (QED) is 0.0307. The van der Waals surface area contributed by atoms with Crippen LogP contribution in [0.3, 0.4) is 0 Å². The summed E-state index contributed by atoms with van der Waals surface area (Å²) >= 11 is 0. The number of nitrogens with zero attached hydrogens (tertiary/aromatic N) is 5. The van der Waals surface area contributed by atoms with Crippen molar-refractivity contribution in [3.05, 3.63) is 119 Å². The minimum absolute atomic E-state index is 0.0684. The van der Waals surface area contributed by atoms with Crippen LogP contribution in [0.4, 0.5) is 45.5 Å². The lowest BCUT2D eigenvalue weighted by Crippen LogP contribution is -2.28. The first kappa shape index (κ1) is 39.0. The molecule has 0 fully saturated rings. The summed E-state index contributed by atoms with van der Waals surface area (Å²) in [6, 6.07) is 24.4. The molecule has 22 heteroatoms. The molecule has 0 saturated carbocycles. The minimum Gasteiger partial charge on any atom is -0.506 e. The third-order valence-corrected chi connectivity index (χ3v) is 10.4. The van der Waals surface area contributed by atoms with Crippen LogP contribution in [-0.4, -0.2) is 55.5 Å². The molecule has 1 aliphatic carbocycles. The van der Waals surface area contributed by atoms with Gasteiger partial charge in [-0.05, 0) is 84.4 Å². The Balaban J connectivity index is 1.35. The van der Waals surface area contributed by atoms with Crippen LogP contribution in [0.1, 0.15) is 15.9 Å². The smallest absolute Gasteiger partial charge is 0.296 e. The Bertz CT molecular complexity index is 2860. The van der Waals surface area contributed by atoms with Crippen molar-refractivity contribution < 1.29 is 48.8 Å². The molecule has 6 rings (SSSR count). The SMILES string of the molecule is Nc1c(N=Nc2ccc(Nc3ccc(N=Nc4ccccc4O)cc3)c(S(=O)(=O)O)c2)c(S(=O)(=O)O)cc2c1C(=O)/C(=N/Nc1ccccc1)C(S(=O)(=O)O)=C2. The number of para-hydroxylation sites is 2. The summed E-state index contributed by atoms with van der Waals surface area (Å²) in [7, 11) is -15.3. The van der Waals surface area contributed by atoms with Crippen molar-refractivity contribution in [2.24, 2.45) is 25.6 Å². The van der Waals surface area contributed by atoms with E-state index >= 15 is 0 Å². The van der Waals surface area contributed by atoms with E-state index < -0.39 is 79.0 Å². The molecule has 1 aliphatic rings. The third-order valence-electron chi connectivity index (χ3n) is 7.73. The first-order valence-electron chi connectivity index (χ1n) is 15.6. The highest BCUT2D eigenvalue weighted by molar-refractivity contribution is 7.91. The number of Topliss-reactive ketones (excluding diaryl/α,β-unsaturated/α-hetero) is 1. The van der Waals surface area contributed by atoms with Crippen molar-refractivity contribution in [2.45, 2.75) is 9.79 Å². The number of hydrazone groups is 1. The van der Waals surface area contributed by atoms with Crippen LogP contribution < -0.4 is 16.5 Å². The van der Waals surface area contributed by atoms with E-state index in [4.69, 9.17) is 5.73 Å². The third kappa shape index (κ3) is 8.65. The van der Waals surface area contributed by atoms with Gasteiger partial charge in [-0.2, -0.15) is 40.6 Å². The molecule has 0 amide bonds. The molecular formula is C34H26N8O11S3. The van der Waals surface area contributed by atoms with Crippen molar-refractivity contribution in [3.63, 3.8) is 0 Å². The fourth-order valence-electron chi connectivity index (χ4n) is 5.16. The Morgan fingerprint density at radius 1 is 0.625 bits per heavy atom. The summed E-state index contributed by atoms with van der Waals surface area (Å²) in [6.07, 6.45) is 0.724. The van der Waals surface area contributed by atoms with Gasteiger partial charge in [-0.3, -0.25) is 23.9 Å². The maximum atomic E-state index is 13.7. The van der Waals surface area contributed by atoms with E-state index in [1.54, 1.807) is 36.4 Å². The lowest BCUT2D eigenvalue weighted by Gasteiger charge is -2.20. The van der Waals surface area contributed by atoms with Crippen LogP contribution in [0.2, 0.25) is 0 Å². The summed E-state index contributed by atoms with van der Waals surface area (Å²) in [5.74, 6) is -1.26. The second-order valence-corrected chi connectivity index (χ2v) is 15.7. The van der Waals surface area contributed by atoms with Crippen LogP contribution in [0.25, 0.3) is 6.08 Å². The number of azo groups is 2. The predicted octanol–water partition coefficient (Wildman–Crippen LogP) is 6.94. The molecule has 0 spiro atoms. The van der Waals surface area contributed by atoms with Gasteiger partial charge in [0.1, 0.15) is 31.8 Å². The second kappa shape index (κ2) is 15.2. The average molecular weight is 819 g/mol. The fraction of sp³-hybridized carbons (Fsp3) is 0. The van der Waals surface area contributed by atoms with Gasteiger partial charge in [0.2, 0.25) is 5.78 Å². The number of aromatic hydroxyl groups is 1.